The maximum Gasteiger partial charge on any atom is 0.350 e. The first-order valence-corrected chi connectivity index (χ1v) is 12.5. The number of hydrogen-bond donors (Lipinski definition) is 8. The van der Waals surface area contributed by atoms with Gasteiger partial charge >= 0.3 is 5.91 Å². The molecule has 0 aromatic heterocycles. The number of carboxylic acid groups (broad SMARTS) is 1. The zero-order valence-electron chi connectivity index (χ0n) is 19.1. The van der Waals surface area contributed by atoms with Gasteiger partial charge in [0.1, 0.15) is 24.4 Å². The zero-order valence-corrected chi connectivity index (χ0v) is 19.9. The lowest BCUT2D eigenvalue weighted by atomic mass is 10.0. The molecule has 0 saturated carbocycles. The van der Waals surface area contributed by atoms with Gasteiger partial charge in [0.15, 0.2) is 9.84 Å². The predicted molar refractivity (Wildman–Crippen MR) is 120 cm³/mol. The zero-order chi connectivity index (χ0) is 26.9. The monoisotopic (exact) mass is 520 g/mol. The molecule has 35 heavy (non-hydrogen) atoms. The van der Waals surface area contributed by atoms with E-state index in [1.165, 1.54) is 6.07 Å². The number of aliphatic carboxylic acids is 1. The SMILES string of the molecule is CS(=O)(=O)c1cc(C(=O)[NH2+]C(=N)N)ccc1N1CCCCC1.O=C([O-])[C@H](O)[C@@H](O)[C@H](O)[C@H](O)CO. The van der Waals surface area contributed by atoms with Crippen molar-refractivity contribution in [3.05, 3.63) is 23.8 Å². The lowest BCUT2D eigenvalue weighted by molar-refractivity contribution is -0.433. The lowest BCUT2D eigenvalue weighted by Crippen LogP contribution is -2.93. The Labute approximate surface area is 202 Å². The number of piperidine rings is 1. The summed E-state index contributed by atoms with van der Waals surface area (Å²) in [6, 6.07) is 4.63. The maximum atomic E-state index is 12.1. The molecule has 1 heterocycles. The Morgan fingerprint density at radius 3 is 2.17 bits per heavy atom. The van der Waals surface area contributed by atoms with Crippen LogP contribution in [0.3, 0.4) is 0 Å². The van der Waals surface area contributed by atoms with E-state index >= 15 is 0 Å². The molecule has 1 fully saturated rings. The fourth-order valence-corrected chi connectivity index (χ4v) is 4.16. The summed E-state index contributed by atoms with van der Waals surface area (Å²) < 4.78 is 24.2. The van der Waals surface area contributed by atoms with E-state index in [1.54, 1.807) is 12.1 Å². The van der Waals surface area contributed by atoms with Crippen molar-refractivity contribution in [1.82, 2.24) is 0 Å². The Hall–Kier alpha value is -2.66. The van der Waals surface area contributed by atoms with Crippen LogP contribution >= 0.6 is 0 Å². The van der Waals surface area contributed by atoms with E-state index in [4.69, 9.17) is 36.7 Å². The van der Waals surface area contributed by atoms with E-state index in [1.807, 2.05) is 4.90 Å². The summed E-state index contributed by atoms with van der Waals surface area (Å²) in [5, 5.41) is 61.5. The van der Waals surface area contributed by atoms with Crippen LogP contribution in [0.4, 0.5) is 5.69 Å². The molecule has 14 nitrogen and oxygen atoms in total. The van der Waals surface area contributed by atoms with Gasteiger partial charge in [0.25, 0.3) is 5.96 Å². The maximum absolute atomic E-state index is 12.1. The van der Waals surface area contributed by atoms with Crippen LogP contribution in [0.5, 0.6) is 0 Å². The number of aliphatic hydroxyl groups excluding tert-OH is 5. The quantitative estimate of drug-likeness (QED) is 0.118. The Morgan fingerprint density at radius 2 is 1.71 bits per heavy atom. The standard InChI is InChI=1S/C14H20N4O3S.C6H12O7/c1-22(20,21)12-9-10(13(19)17-14(15)16)5-6-11(12)18-7-3-2-4-8-18;7-1-2(8)3(9)4(10)5(11)6(12)13/h5-6,9H,2-4,7-8H2,1H3,(H4,15,16,17,19);2-5,7-11H,1H2,(H,12,13)/t;2-,3-,4+,5-/m.1/s1. The van der Waals surface area contributed by atoms with Crippen LogP contribution in [0.1, 0.15) is 29.6 Å². The molecule has 1 aromatic rings. The van der Waals surface area contributed by atoms with Crippen molar-refractivity contribution in [3.63, 3.8) is 0 Å². The first-order chi connectivity index (χ1) is 16.2. The smallest absolute Gasteiger partial charge is 0.350 e. The summed E-state index contributed by atoms with van der Waals surface area (Å²) in [6.45, 7) is 0.767. The Morgan fingerprint density at radius 1 is 1.14 bits per heavy atom. The minimum atomic E-state index is -3.46. The molecule has 198 valence electrons. The van der Waals surface area contributed by atoms with E-state index in [0.717, 1.165) is 43.9 Å². The number of sulfone groups is 1. The average Bonchev–Trinajstić information content (AvgIpc) is 2.81. The van der Waals surface area contributed by atoms with Crippen LogP contribution in [0, 0.1) is 5.41 Å². The predicted octanol–water partition coefficient (Wildman–Crippen LogP) is -5.15. The number of nitrogens with one attached hydrogen (secondary N) is 1. The van der Waals surface area contributed by atoms with Crippen molar-refractivity contribution in [2.24, 2.45) is 5.73 Å². The molecule has 0 radical (unpaired) electrons. The van der Waals surface area contributed by atoms with Crippen molar-refractivity contribution in [2.45, 2.75) is 48.6 Å². The fourth-order valence-electron chi connectivity index (χ4n) is 3.25. The number of quaternary nitrogens is 1. The van der Waals surface area contributed by atoms with Gasteiger partial charge < -0.3 is 46.1 Å². The third-order valence-corrected chi connectivity index (χ3v) is 6.25. The van der Waals surface area contributed by atoms with Crippen molar-refractivity contribution in [1.29, 1.82) is 5.41 Å². The average molecular weight is 521 g/mol. The highest BCUT2D eigenvalue weighted by Crippen LogP contribution is 2.28. The highest BCUT2D eigenvalue weighted by molar-refractivity contribution is 7.90. The largest absolute Gasteiger partial charge is 0.547 e. The number of rotatable bonds is 8. The molecule has 2 rings (SSSR count). The minimum Gasteiger partial charge on any atom is -0.547 e. The van der Waals surface area contributed by atoms with E-state index in [-0.39, 0.29) is 16.4 Å². The fraction of sp³-hybridized carbons (Fsp3) is 0.550. The van der Waals surface area contributed by atoms with Gasteiger partial charge in [-0.15, -0.1) is 0 Å². The van der Waals surface area contributed by atoms with Crippen molar-refractivity contribution >= 4 is 33.4 Å². The first kappa shape index (κ1) is 30.4. The summed E-state index contributed by atoms with van der Waals surface area (Å²) in [5.41, 5.74) is 6.04. The molecule has 15 heteroatoms. The van der Waals surface area contributed by atoms with E-state index in [9.17, 15) is 23.1 Å². The summed E-state index contributed by atoms with van der Waals surface area (Å²) >= 11 is 0. The molecule has 4 atom stereocenters. The van der Waals surface area contributed by atoms with Crippen LogP contribution in [-0.4, -0.2) is 102 Å². The summed E-state index contributed by atoms with van der Waals surface area (Å²) in [7, 11) is -3.46. The Kier molecular flexibility index (Phi) is 11.7. The molecular formula is C20H32N4O10S. The minimum absolute atomic E-state index is 0.150. The number of nitrogens with two attached hydrogens (primary N) is 2. The molecule has 1 amide bonds. The van der Waals surface area contributed by atoms with Gasteiger partial charge in [0.05, 0.1) is 28.7 Å². The highest BCUT2D eigenvalue weighted by Gasteiger charge is 2.30. The van der Waals surface area contributed by atoms with Crippen molar-refractivity contribution < 1.29 is 54.0 Å². The van der Waals surface area contributed by atoms with Crippen molar-refractivity contribution in [2.75, 3.05) is 30.9 Å². The normalized spacial score (nSPS) is 17.4. The number of anilines is 1. The van der Waals surface area contributed by atoms with Crippen LogP contribution in [0.25, 0.3) is 0 Å². The molecule has 0 bridgehead atoms. The topological polar surface area (TPSA) is 262 Å². The molecule has 1 saturated heterocycles. The first-order valence-electron chi connectivity index (χ1n) is 10.6. The number of hydrogen-bond acceptors (Lipinski definition) is 12. The lowest BCUT2D eigenvalue weighted by Gasteiger charge is -2.30. The number of aliphatic hydroxyl groups is 5. The van der Waals surface area contributed by atoms with E-state index in [2.05, 4.69) is 0 Å². The summed E-state index contributed by atoms with van der Waals surface area (Å²) in [4.78, 5) is 24.1. The molecule has 1 aliphatic rings. The molecule has 10 N–H and O–H groups in total. The number of guanidine groups is 1. The molecule has 0 aliphatic carbocycles. The number of amides is 1. The van der Waals surface area contributed by atoms with Crippen LogP contribution in [0.15, 0.2) is 23.1 Å². The van der Waals surface area contributed by atoms with Crippen LogP contribution in [0.2, 0.25) is 0 Å². The number of carboxylic acids is 1. The van der Waals surface area contributed by atoms with Gasteiger partial charge in [-0.05, 0) is 37.5 Å². The third kappa shape index (κ3) is 9.14. The van der Waals surface area contributed by atoms with E-state index in [0.29, 0.717) is 5.69 Å². The van der Waals surface area contributed by atoms with Crippen molar-refractivity contribution in [3.8, 4) is 0 Å². The molecule has 1 aromatic carbocycles. The second-order valence-electron chi connectivity index (χ2n) is 7.96. The number of benzene rings is 1. The number of carbonyl (C=O) groups excluding carboxylic acids is 2. The Balaban J connectivity index is 0.000000405. The Bertz CT molecular complexity index is 998. The second kappa shape index (κ2) is 13.4. The number of carbonyl (C=O) groups is 2. The second-order valence-corrected chi connectivity index (χ2v) is 9.95. The van der Waals surface area contributed by atoms with Gasteiger partial charge in [0, 0.05) is 19.3 Å². The summed E-state index contributed by atoms with van der Waals surface area (Å²) in [5.74, 6) is -2.80. The molecule has 1 aliphatic heterocycles. The van der Waals surface area contributed by atoms with Gasteiger partial charge in [-0.1, -0.05) is 0 Å². The highest BCUT2D eigenvalue weighted by atomic mass is 32.2. The van der Waals surface area contributed by atoms with Crippen LogP contribution in [-0.2, 0) is 14.6 Å². The van der Waals surface area contributed by atoms with Gasteiger partial charge in [0.2, 0.25) is 0 Å². The molecular weight excluding hydrogens is 488 g/mol. The van der Waals surface area contributed by atoms with Gasteiger partial charge in [-0.25, -0.2) is 23.9 Å². The number of nitrogens with zero attached hydrogens (tertiary/aromatic N) is 1. The summed E-state index contributed by atoms with van der Waals surface area (Å²) in [6.07, 6.45) is -3.73. The number of primary amides is 1. The van der Waals surface area contributed by atoms with Gasteiger partial charge in [-0.2, -0.15) is 0 Å². The van der Waals surface area contributed by atoms with Gasteiger partial charge in [-0.3, -0.25) is 0 Å². The molecule has 0 spiro atoms. The third-order valence-electron chi connectivity index (χ3n) is 5.12. The van der Waals surface area contributed by atoms with Crippen LogP contribution < -0.4 is 21.1 Å². The molecule has 0 unspecified atom stereocenters. The van der Waals surface area contributed by atoms with E-state index < -0.39 is 52.7 Å².